The Bertz CT molecular complexity index is 263. The SMILES string of the molecule is CC1(C)OCC(CNC(=O)CC(=O)O)O1. The number of carboxylic acid groups (broad SMARTS) is 1. The number of carbonyl (C=O) groups is 2. The maximum absolute atomic E-state index is 11.0. The summed E-state index contributed by atoms with van der Waals surface area (Å²) in [5.74, 6) is -2.28. The summed E-state index contributed by atoms with van der Waals surface area (Å²) in [4.78, 5) is 21.2. The van der Waals surface area contributed by atoms with E-state index in [2.05, 4.69) is 5.32 Å². The van der Waals surface area contributed by atoms with Crippen LogP contribution < -0.4 is 5.32 Å². The van der Waals surface area contributed by atoms with Gasteiger partial charge in [-0.1, -0.05) is 0 Å². The summed E-state index contributed by atoms with van der Waals surface area (Å²) in [5.41, 5.74) is 0. The van der Waals surface area contributed by atoms with Gasteiger partial charge in [0.25, 0.3) is 0 Å². The first-order valence-corrected chi connectivity index (χ1v) is 4.69. The Balaban J connectivity index is 2.21. The number of ether oxygens (including phenoxy) is 2. The second kappa shape index (κ2) is 4.59. The topological polar surface area (TPSA) is 84.9 Å². The molecule has 2 N–H and O–H groups in total. The van der Waals surface area contributed by atoms with Gasteiger partial charge >= 0.3 is 5.97 Å². The van der Waals surface area contributed by atoms with Gasteiger partial charge in [-0.15, -0.1) is 0 Å². The smallest absolute Gasteiger partial charge is 0.312 e. The normalized spacial score (nSPS) is 23.7. The summed E-state index contributed by atoms with van der Waals surface area (Å²) in [6, 6.07) is 0. The van der Waals surface area contributed by atoms with Crippen LogP contribution in [-0.4, -0.2) is 42.0 Å². The number of nitrogens with one attached hydrogen (secondary N) is 1. The van der Waals surface area contributed by atoms with E-state index in [0.717, 1.165) is 0 Å². The molecule has 1 aliphatic rings. The zero-order valence-corrected chi connectivity index (χ0v) is 8.78. The van der Waals surface area contributed by atoms with Crippen molar-refractivity contribution in [3.63, 3.8) is 0 Å². The van der Waals surface area contributed by atoms with Gasteiger partial charge in [0.15, 0.2) is 5.79 Å². The van der Waals surface area contributed by atoms with Crippen LogP contribution in [0.25, 0.3) is 0 Å². The number of amides is 1. The fourth-order valence-electron chi connectivity index (χ4n) is 1.29. The van der Waals surface area contributed by atoms with Gasteiger partial charge in [0.05, 0.1) is 6.61 Å². The molecule has 1 heterocycles. The second-order valence-electron chi connectivity index (χ2n) is 3.83. The van der Waals surface area contributed by atoms with Crippen molar-refractivity contribution in [2.75, 3.05) is 13.2 Å². The molecule has 0 aromatic carbocycles. The lowest BCUT2D eigenvalue weighted by molar-refractivity contribution is -0.143. The highest BCUT2D eigenvalue weighted by Gasteiger charge is 2.32. The van der Waals surface area contributed by atoms with Gasteiger partial charge in [-0.2, -0.15) is 0 Å². The highest BCUT2D eigenvalue weighted by molar-refractivity contribution is 5.93. The van der Waals surface area contributed by atoms with Gasteiger partial charge in [0.1, 0.15) is 12.5 Å². The van der Waals surface area contributed by atoms with E-state index in [1.807, 2.05) is 0 Å². The molecule has 1 atom stereocenters. The Morgan fingerprint density at radius 1 is 1.53 bits per heavy atom. The van der Waals surface area contributed by atoms with Gasteiger partial charge in [0.2, 0.25) is 5.91 Å². The summed E-state index contributed by atoms with van der Waals surface area (Å²) in [5, 5.41) is 10.8. The standard InChI is InChI=1S/C9H15NO5/c1-9(2)14-5-6(15-9)4-10-7(11)3-8(12)13/h6H,3-5H2,1-2H3,(H,10,11)(H,12,13). The summed E-state index contributed by atoms with van der Waals surface area (Å²) in [6.45, 7) is 4.24. The molecule has 1 fully saturated rings. The van der Waals surface area contributed by atoms with E-state index >= 15 is 0 Å². The third kappa shape index (κ3) is 4.26. The average molecular weight is 217 g/mol. The zero-order valence-electron chi connectivity index (χ0n) is 8.78. The average Bonchev–Trinajstić information content (AvgIpc) is 2.41. The van der Waals surface area contributed by atoms with Crippen LogP contribution in [0.1, 0.15) is 20.3 Å². The Labute approximate surface area is 87.5 Å². The number of hydrogen-bond acceptors (Lipinski definition) is 4. The summed E-state index contributed by atoms with van der Waals surface area (Å²) in [7, 11) is 0. The van der Waals surface area contributed by atoms with E-state index in [1.54, 1.807) is 13.8 Å². The molecule has 0 radical (unpaired) electrons. The van der Waals surface area contributed by atoms with Crippen LogP contribution >= 0.6 is 0 Å². The van der Waals surface area contributed by atoms with Gasteiger partial charge in [0, 0.05) is 6.54 Å². The first kappa shape index (κ1) is 11.9. The van der Waals surface area contributed by atoms with Crippen molar-refractivity contribution in [2.24, 2.45) is 0 Å². The monoisotopic (exact) mass is 217 g/mol. The van der Waals surface area contributed by atoms with E-state index < -0.39 is 24.1 Å². The first-order valence-electron chi connectivity index (χ1n) is 4.69. The molecule has 6 heteroatoms. The van der Waals surface area contributed by atoms with Crippen molar-refractivity contribution < 1.29 is 24.2 Å². The van der Waals surface area contributed by atoms with Crippen molar-refractivity contribution >= 4 is 11.9 Å². The lowest BCUT2D eigenvalue weighted by Crippen LogP contribution is -2.35. The minimum atomic E-state index is -1.14. The number of carboxylic acids is 1. The zero-order chi connectivity index (χ0) is 11.5. The van der Waals surface area contributed by atoms with Crippen LogP contribution in [0.15, 0.2) is 0 Å². The van der Waals surface area contributed by atoms with Crippen LogP contribution in [0.4, 0.5) is 0 Å². The number of hydrogen-bond donors (Lipinski definition) is 2. The highest BCUT2D eigenvalue weighted by atomic mass is 16.7. The van der Waals surface area contributed by atoms with Crippen LogP contribution in [0.5, 0.6) is 0 Å². The highest BCUT2D eigenvalue weighted by Crippen LogP contribution is 2.21. The molecule has 0 aromatic rings. The molecule has 86 valence electrons. The fourth-order valence-corrected chi connectivity index (χ4v) is 1.29. The van der Waals surface area contributed by atoms with E-state index in [9.17, 15) is 9.59 Å². The molecular formula is C9H15NO5. The molecule has 1 saturated heterocycles. The predicted octanol–water partition coefficient (Wildman–Crippen LogP) is -0.271. The molecule has 15 heavy (non-hydrogen) atoms. The third-order valence-electron chi connectivity index (χ3n) is 1.91. The Morgan fingerprint density at radius 2 is 2.20 bits per heavy atom. The maximum Gasteiger partial charge on any atom is 0.312 e. The molecule has 0 aliphatic carbocycles. The molecule has 1 amide bonds. The van der Waals surface area contributed by atoms with E-state index in [1.165, 1.54) is 0 Å². The van der Waals surface area contributed by atoms with Crippen LogP contribution in [0.3, 0.4) is 0 Å². The van der Waals surface area contributed by atoms with E-state index in [4.69, 9.17) is 14.6 Å². The number of carbonyl (C=O) groups excluding carboxylic acids is 1. The molecule has 6 nitrogen and oxygen atoms in total. The summed E-state index contributed by atoms with van der Waals surface area (Å²) >= 11 is 0. The lowest BCUT2D eigenvalue weighted by Gasteiger charge is -2.17. The molecule has 0 spiro atoms. The first-order chi connectivity index (χ1) is 6.89. The van der Waals surface area contributed by atoms with Crippen molar-refractivity contribution in [2.45, 2.75) is 32.2 Å². The van der Waals surface area contributed by atoms with E-state index in [0.29, 0.717) is 6.61 Å². The molecule has 0 saturated carbocycles. The summed E-state index contributed by atoms with van der Waals surface area (Å²) in [6.07, 6.45) is -0.727. The minimum absolute atomic E-state index is 0.210. The molecule has 1 aliphatic heterocycles. The minimum Gasteiger partial charge on any atom is -0.481 e. The molecule has 0 bridgehead atoms. The lowest BCUT2D eigenvalue weighted by atomic mass is 10.3. The maximum atomic E-state index is 11.0. The Morgan fingerprint density at radius 3 is 2.67 bits per heavy atom. The van der Waals surface area contributed by atoms with Crippen molar-refractivity contribution in [1.29, 1.82) is 0 Å². The van der Waals surface area contributed by atoms with Crippen LogP contribution in [0, 0.1) is 0 Å². The fraction of sp³-hybridized carbons (Fsp3) is 0.778. The van der Waals surface area contributed by atoms with Gasteiger partial charge in [-0.25, -0.2) is 0 Å². The molecule has 1 rings (SSSR count). The van der Waals surface area contributed by atoms with Gasteiger partial charge in [-0.3, -0.25) is 9.59 Å². The molecular weight excluding hydrogens is 202 g/mol. The van der Waals surface area contributed by atoms with Crippen molar-refractivity contribution in [3.05, 3.63) is 0 Å². The number of aliphatic carboxylic acids is 1. The van der Waals surface area contributed by atoms with Gasteiger partial charge < -0.3 is 19.9 Å². The largest absolute Gasteiger partial charge is 0.481 e. The van der Waals surface area contributed by atoms with Crippen LogP contribution in [0.2, 0.25) is 0 Å². The van der Waals surface area contributed by atoms with Crippen molar-refractivity contribution in [1.82, 2.24) is 5.32 Å². The third-order valence-corrected chi connectivity index (χ3v) is 1.91. The van der Waals surface area contributed by atoms with E-state index in [-0.39, 0.29) is 12.6 Å². The quantitative estimate of drug-likeness (QED) is 0.633. The predicted molar refractivity (Wildman–Crippen MR) is 50.2 cm³/mol. The second-order valence-corrected chi connectivity index (χ2v) is 3.83. The van der Waals surface area contributed by atoms with Crippen molar-refractivity contribution in [3.8, 4) is 0 Å². The number of rotatable bonds is 4. The molecule has 0 aromatic heterocycles. The van der Waals surface area contributed by atoms with Gasteiger partial charge in [-0.05, 0) is 13.8 Å². The Kier molecular flexibility index (Phi) is 3.65. The Hall–Kier alpha value is -1.14. The molecule has 1 unspecified atom stereocenters. The summed E-state index contributed by atoms with van der Waals surface area (Å²) < 4.78 is 10.7. The van der Waals surface area contributed by atoms with Crippen LogP contribution in [-0.2, 0) is 19.1 Å².